The fourth-order valence-electron chi connectivity index (χ4n) is 0.683. The van der Waals surface area contributed by atoms with Gasteiger partial charge in [0.15, 0.2) is 0 Å². The van der Waals surface area contributed by atoms with Gasteiger partial charge in [0.2, 0.25) is 0 Å². The Kier molecular flexibility index (Phi) is 7.58. The van der Waals surface area contributed by atoms with Crippen LogP contribution in [0.3, 0.4) is 0 Å². The molecule has 0 saturated carbocycles. The lowest BCUT2D eigenvalue weighted by Gasteiger charge is -2.11. The van der Waals surface area contributed by atoms with Crippen LogP contribution in [-0.4, -0.2) is 30.6 Å². The summed E-state index contributed by atoms with van der Waals surface area (Å²) in [5.74, 6) is 2.39. The van der Waals surface area contributed by atoms with E-state index >= 15 is 0 Å². The molecule has 1 atom stereocenters. The molecule has 0 spiro atoms. The lowest BCUT2D eigenvalue weighted by Crippen LogP contribution is -2.32. The van der Waals surface area contributed by atoms with Crippen LogP contribution >= 0.6 is 11.8 Å². The maximum atomic E-state index is 5.34. The van der Waals surface area contributed by atoms with E-state index in [1.54, 1.807) is 0 Å². The second kappa shape index (κ2) is 7.38. The van der Waals surface area contributed by atoms with Gasteiger partial charge in [-0.25, -0.2) is 0 Å². The van der Waals surface area contributed by atoms with E-state index in [0.29, 0.717) is 6.04 Å². The minimum absolute atomic E-state index is 0.605. The molecule has 0 unspecified atom stereocenters. The zero-order chi connectivity index (χ0) is 7.82. The number of hydrogen-bond acceptors (Lipinski definition) is 3. The fourth-order valence-corrected chi connectivity index (χ4v) is 1.39. The summed E-state index contributed by atoms with van der Waals surface area (Å²) in [6.45, 7) is 6.05. The first kappa shape index (κ1) is 10.3. The zero-order valence-electron chi connectivity index (χ0n) is 6.89. The lowest BCUT2D eigenvalue weighted by atomic mass is 10.4. The molecule has 0 aromatic carbocycles. The molecule has 3 N–H and O–H groups in total. The van der Waals surface area contributed by atoms with Gasteiger partial charge in [-0.15, -0.1) is 0 Å². The van der Waals surface area contributed by atoms with Crippen molar-refractivity contribution in [2.24, 2.45) is 5.73 Å². The van der Waals surface area contributed by atoms with E-state index in [1.165, 1.54) is 11.5 Å². The van der Waals surface area contributed by atoms with Gasteiger partial charge in [0.25, 0.3) is 0 Å². The van der Waals surface area contributed by atoms with Gasteiger partial charge in [-0.2, -0.15) is 11.8 Å². The van der Waals surface area contributed by atoms with Crippen LogP contribution in [0.2, 0.25) is 0 Å². The van der Waals surface area contributed by atoms with Gasteiger partial charge >= 0.3 is 0 Å². The van der Waals surface area contributed by atoms with Crippen molar-refractivity contribution >= 4 is 11.8 Å². The molecule has 0 aliphatic heterocycles. The van der Waals surface area contributed by atoms with Crippen LogP contribution in [0, 0.1) is 0 Å². The molecule has 0 aromatic rings. The van der Waals surface area contributed by atoms with Gasteiger partial charge in [0.1, 0.15) is 0 Å². The molecule has 2 nitrogen and oxygen atoms in total. The number of hydrogen-bond donors (Lipinski definition) is 2. The molecular weight excluding hydrogens is 144 g/mol. The predicted molar refractivity (Wildman–Crippen MR) is 49.5 cm³/mol. The Hall–Kier alpha value is 0.270. The standard InChI is InChI=1S/C7H18N2S/c1-3-10-6-7(2)9-5-4-8/h7,9H,3-6,8H2,1-2H3/t7-/m0/s1. The summed E-state index contributed by atoms with van der Waals surface area (Å²) in [5, 5.41) is 3.32. The normalized spacial score (nSPS) is 13.5. The molecule has 0 bridgehead atoms. The van der Waals surface area contributed by atoms with Gasteiger partial charge in [0.05, 0.1) is 0 Å². The van der Waals surface area contributed by atoms with Crippen LogP contribution in [0.25, 0.3) is 0 Å². The minimum atomic E-state index is 0.605. The third-order valence-electron chi connectivity index (χ3n) is 1.21. The van der Waals surface area contributed by atoms with Crippen molar-refractivity contribution in [1.29, 1.82) is 0 Å². The number of rotatable bonds is 6. The highest BCUT2D eigenvalue weighted by Crippen LogP contribution is 2.00. The summed E-state index contributed by atoms with van der Waals surface area (Å²) in [7, 11) is 0. The second-order valence-corrected chi connectivity index (χ2v) is 3.62. The highest BCUT2D eigenvalue weighted by molar-refractivity contribution is 7.99. The van der Waals surface area contributed by atoms with E-state index in [-0.39, 0.29) is 0 Å². The number of nitrogens with two attached hydrogens (primary N) is 1. The summed E-state index contributed by atoms with van der Waals surface area (Å²) in [6.07, 6.45) is 0. The van der Waals surface area contributed by atoms with Crippen LogP contribution < -0.4 is 11.1 Å². The quantitative estimate of drug-likeness (QED) is 0.603. The Bertz CT molecular complexity index is 60.6. The topological polar surface area (TPSA) is 38.0 Å². The molecule has 0 heterocycles. The van der Waals surface area contributed by atoms with Gasteiger partial charge in [-0.3, -0.25) is 0 Å². The van der Waals surface area contributed by atoms with Crippen molar-refractivity contribution in [2.75, 3.05) is 24.6 Å². The Labute approximate surface area is 67.9 Å². The SMILES string of the molecule is CCSC[C@H](C)NCCN. The van der Waals surface area contributed by atoms with E-state index in [9.17, 15) is 0 Å². The van der Waals surface area contributed by atoms with E-state index in [2.05, 4.69) is 19.2 Å². The van der Waals surface area contributed by atoms with Crippen molar-refractivity contribution in [3.8, 4) is 0 Å². The third kappa shape index (κ3) is 6.39. The van der Waals surface area contributed by atoms with Crippen molar-refractivity contribution < 1.29 is 0 Å². The second-order valence-electron chi connectivity index (χ2n) is 2.30. The summed E-state index contributed by atoms with van der Waals surface area (Å²) in [6, 6.07) is 0.605. The van der Waals surface area contributed by atoms with Crippen LogP contribution in [0.4, 0.5) is 0 Å². The maximum Gasteiger partial charge on any atom is 0.0130 e. The number of thioether (sulfide) groups is 1. The van der Waals surface area contributed by atoms with E-state index in [1.807, 2.05) is 11.8 Å². The van der Waals surface area contributed by atoms with Crippen molar-refractivity contribution in [3.05, 3.63) is 0 Å². The van der Waals surface area contributed by atoms with E-state index < -0.39 is 0 Å². The smallest absolute Gasteiger partial charge is 0.0130 e. The van der Waals surface area contributed by atoms with Gasteiger partial charge in [-0.1, -0.05) is 6.92 Å². The highest BCUT2D eigenvalue weighted by Gasteiger charge is 1.97. The Morgan fingerprint density at radius 1 is 1.60 bits per heavy atom. The molecule has 3 heteroatoms. The van der Waals surface area contributed by atoms with Crippen LogP contribution in [0.5, 0.6) is 0 Å². The molecule has 0 radical (unpaired) electrons. The lowest BCUT2D eigenvalue weighted by molar-refractivity contribution is 0.603. The summed E-state index contributed by atoms with van der Waals surface area (Å²) < 4.78 is 0. The molecule has 10 heavy (non-hydrogen) atoms. The van der Waals surface area contributed by atoms with Crippen molar-refractivity contribution in [2.45, 2.75) is 19.9 Å². The maximum absolute atomic E-state index is 5.34. The fraction of sp³-hybridized carbons (Fsp3) is 1.00. The Balaban J connectivity index is 3.00. The molecule has 0 fully saturated rings. The largest absolute Gasteiger partial charge is 0.329 e. The molecule has 0 aliphatic rings. The van der Waals surface area contributed by atoms with Gasteiger partial charge in [-0.05, 0) is 12.7 Å². The number of nitrogens with one attached hydrogen (secondary N) is 1. The first-order valence-corrected chi connectivity index (χ1v) is 4.98. The first-order chi connectivity index (χ1) is 4.81. The minimum Gasteiger partial charge on any atom is -0.329 e. The molecule has 62 valence electrons. The van der Waals surface area contributed by atoms with Gasteiger partial charge in [0, 0.05) is 24.9 Å². The highest BCUT2D eigenvalue weighted by atomic mass is 32.2. The van der Waals surface area contributed by atoms with Crippen LogP contribution in [0.15, 0.2) is 0 Å². The first-order valence-electron chi connectivity index (χ1n) is 3.82. The van der Waals surface area contributed by atoms with Gasteiger partial charge < -0.3 is 11.1 Å². The summed E-state index contributed by atoms with van der Waals surface area (Å²) >= 11 is 1.96. The molecule has 0 amide bonds. The Morgan fingerprint density at radius 3 is 2.80 bits per heavy atom. The Morgan fingerprint density at radius 2 is 2.30 bits per heavy atom. The summed E-state index contributed by atoms with van der Waals surface area (Å²) in [4.78, 5) is 0. The molecule has 0 rings (SSSR count). The average Bonchev–Trinajstić information content (AvgIpc) is 1.97. The van der Waals surface area contributed by atoms with Crippen molar-refractivity contribution in [3.63, 3.8) is 0 Å². The monoisotopic (exact) mass is 162 g/mol. The average molecular weight is 162 g/mol. The summed E-state index contributed by atoms with van der Waals surface area (Å²) in [5.41, 5.74) is 5.34. The van der Waals surface area contributed by atoms with Crippen LogP contribution in [0.1, 0.15) is 13.8 Å². The van der Waals surface area contributed by atoms with E-state index in [4.69, 9.17) is 5.73 Å². The molecular formula is C7H18N2S. The zero-order valence-corrected chi connectivity index (χ0v) is 7.71. The molecule has 0 saturated heterocycles. The third-order valence-corrected chi connectivity index (χ3v) is 2.35. The van der Waals surface area contributed by atoms with E-state index in [0.717, 1.165) is 13.1 Å². The predicted octanol–water partition coefficient (Wildman–Crippen LogP) is 0.676. The van der Waals surface area contributed by atoms with Crippen molar-refractivity contribution in [1.82, 2.24) is 5.32 Å². The molecule has 0 aliphatic carbocycles. The molecule has 0 aromatic heterocycles. The van der Waals surface area contributed by atoms with Crippen LogP contribution in [-0.2, 0) is 0 Å².